The summed E-state index contributed by atoms with van der Waals surface area (Å²) >= 11 is 0. The van der Waals surface area contributed by atoms with Crippen molar-refractivity contribution < 1.29 is 9.53 Å². The lowest BCUT2D eigenvalue weighted by Crippen LogP contribution is -2.59. The Morgan fingerprint density at radius 2 is 2.10 bits per heavy atom. The Kier molecular flexibility index (Phi) is 4.90. The molecule has 5 nitrogen and oxygen atoms in total. The summed E-state index contributed by atoms with van der Waals surface area (Å²) in [6.45, 7) is 8.42. The molecule has 1 amide bonds. The third kappa shape index (κ3) is 3.56. The van der Waals surface area contributed by atoms with Crippen molar-refractivity contribution in [3.63, 3.8) is 0 Å². The lowest BCUT2D eigenvalue weighted by Gasteiger charge is -2.47. The highest BCUT2D eigenvalue weighted by atomic mass is 16.5. The fourth-order valence-corrected chi connectivity index (χ4v) is 3.71. The first-order valence-electron chi connectivity index (χ1n) is 7.87. The van der Waals surface area contributed by atoms with Crippen LogP contribution in [0.3, 0.4) is 0 Å². The number of primary amides is 1. The maximum Gasteiger partial charge on any atom is 0.237 e. The second-order valence-electron chi connectivity index (χ2n) is 7.41. The molecule has 1 aliphatic heterocycles. The summed E-state index contributed by atoms with van der Waals surface area (Å²) in [5.74, 6) is 0.219. The second kappa shape index (κ2) is 6.33. The van der Waals surface area contributed by atoms with Crippen molar-refractivity contribution in [3.05, 3.63) is 0 Å². The number of nitrogens with two attached hydrogens (primary N) is 1. The maximum absolute atomic E-state index is 11.7. The minimum atomic E-state index is -0.390. The van der Waals surface area contributed by atoms with E-state index < -0.39 is 6.04 Å². The number of morpholine rings is 1. The first kappa shape index (κ1) is 16.3. The molecular formula is C16H27N3O2. The zero-order valence-corrected chi connectivity index (χ0v) is 13.3. The molecule has 0 spiro atoms. The zero-order valence-electron chi connectivity index (χ0n) is 13.3. The van der Waals surface area contributed by atoms with Crippen LogP contribution in [0.25, 0.3) is 0 Å². The van der Waals surface area contributed by atoms with Crippen molar-refractivity contribution in [1.29, 1.82) is 5.26 Å². The molecule has 4 unspecified atom stereocenters. The standard InChI is InChI=1S/C16H27N3O2/c1-16(2,3)12-5-4-11(9-17)13(8-12)19-6-7-21-10-14(19)15(18)20/h11-14H,4-8,10H2,1-3H3,(H2,18,20). The van der Waals surface area contributed by atoms with E-state index in [-0.39, 0.29) is 23.3 Å². The van der Waals surface area contributed by atoms with Crippen LogP contribution in [0.4, 0.5) is 0 Å². The Balaban J connectivity index is 2.19. The van der Waals surface area contributed by atoms with Gasteiger partial charge in [0.25, 0.3) is 0 Å². The van der Waals surface area contributed by atoms with Crippen molar-refractivity contribution in [1.82, 2.24) is 4.90 Å². The van der Waals surface area contributed by atoms with Crippen molar-refractivity contribution in [2.24, 2.45) is 23.0 Å². The van der Waals surface area contributed by atoms with Gasteiger partial charge in [0.15, 0.2) is 0 Å². The first-order chi connectivity index (χ1) is 9.84. The number of hydrogen-bond donors (Lipinski definition) is 1. The van der Waals surface area contributed by atoms with Crippen LogP contribution in [0.15, 0.2) is 0 Å². The SMILES string of the molecule is CC(C)(C)C1CCC(C#N)C(N2CCOCC2C(N)=O)C1. The highest BCUT2D eigenvalue weighted by molar-refractivity contribution is 5.80. The lowest BCUT2D eigenvalue weighted by atomic mass is 9.67. The number of amides is 1. The number of nitriles is 1. The molecule has 0 aromatic rings. The van der Waals surface area contributed by atoms with Gasteiger partial charge < -0.3 is 10.5 Å². The van der Waals surface area contributed by atoms with Crippen LogP contribution >= 0.6 is 0 Å². The van der Waals surface area contributed by atoms with Crippen molar-refractivity contribution in [3.8, 4) is 6.07 Å². The van der Waals surface area contributed by atoms with Gasteiger partial charge in [0.05, 0.1) is 25.2 Å². The van der Waals surface area contributed by atoms with Gasteiger partial charge in [-0.25, -0.2) is 0 Å². The monoisotopic (exact) mass is 293 g/mol. The van der Waals surface area contributed by atoms with Crippen LogP contribution in [0.5, 0.6) is 0 Å². The average molecular weight is 293 g/mol. The molecule has 0 aromatic heterocycles. The minimum absolute atomic E-state index is 0.0106. The van der Waals surface area contributed by atoms with Gasteiger partial charge in [0, 0.05) is 12.6 Å². The van der Waals surface area contributed by atoms with E-state index in [1.807, 2.05) is 0 Å². The quantitative estimate of drug-likeness (QED) is 0.837. The number of nitrogens with zero attached hydrogens (tertiary/aromatic N) is 2. The highest BCUT2D eigenvalue weighted by Gasteiger charge is 2.42. The van der Waals surface area contributed by atoms with E-state index in [1.165, 1.54) is 0 Å². The van der Waals surface area contributed by atoms with Gasteiger partial charge in [-0.1, -0.05) is 20.8 Å². The van der Waals surface area contributed by atoms with Gasteiger partial charge in [0.1, 0.15) is 6.04 Å². The van der Waals surface area contributed by atoms with Crippen molar-refractivity contribution in [2.75, 3.05) is 19.8 Å². The molecule has 5 heteroatoms. The molecule has 2 aliphatic rings. The Labute approximate surface area is 127 Å². The smallest absolute Gasteiger partial charge is 0.237 e. The van der Waals surface area contributed by atoms with E-state index in [0.717, 1.165) is 19.3 Å². The van der Waals surface area contributed by atoms with E-state index in [1.54, 1.807) is 0 Å². The Morgan fingerprint density at radius 3 is 2.67 bits per heavy atom. The molecule has 0 aromatic carbocycles. The van der Waals surface area contributed by atoms with Gasteiger partial charge in [-0.05, 0) is 30.6 Å². The number of carbonyl (C=O) groups excluding carboxylic acids is 1. The van der Waals surface area contributed by atoms with E-state index in [9.17, 15) is 10.1 Å². The summed E-state index contributed by atoms with van der Waals surface area (Å²) in [7, 11) is 0. The zero-order chi connectivity index (χ0) is 15.6. The van der Waals surface area contributed by atoms with Gasteiger partial charge in [0.2, 0.25) is 5.91 Å². The van der Waals surface area contributed by atoms with Gasteiger partial charge in [-0.3, -0.25) is 9.69 Å². The fourth-order valence-electron chi connectivity index (χ4n) is 3.71. The van der Waals surface area contributed by atoms with E-state index >= 15 is 0 Å². The third-order valence-electron chi connectivity index (χ3n) is 5.13. The van der Waals surface area contributed by atoms with Gasteiger partial charge >= 0.3 is 0 Å². The van der Waals surface area contributed by atoms with Crippen LogP contribution in [0, 0.1) is 28.6 Å². The van der Waals surface area contributed by atoms with Crippen LogP contribution in [-0.2, 0) is 9.53 Å². The molecule has 1 saturated heterocycles. The summed E-state index contributed by atoms with van der Waals surface area (Å²) in [6, 6.07) is 2.18. The summed E-state index contributed by atoms with van der Waals surface area (Å²) in [5, 5.41) is 9.48. The van der Waals surface area contributed by atoms with Crippen molar-refractivity contribution >= 4 is 5.91 Å². The Morgan fingerprint density at radius 1 is 1.38 bits per heavy atom. The molecule has 21 heavy (non-hydrogen) atoms. The van der Waals surface area contributed by atoms with Crippen LogP contribution in [0.2, 0.25) is 0 Å². The highest BCUT2D eigenvalue weighted by Crippen LogP contribution is 2.42. The molecule has 0 bridgehead atoms. The molecule has 0 radical (unpaired) electrons. The third-order valence-corrected chi connectivity index (χ3v) is 5.13. The summed E-state index contributed by atoms with van der Waals surface area (Å²) < 4.78 is 5.40. The molecule has 2 N–H and O–H groups in total. The van der Waals surface area contributed by atoms with Crippen LogP contribution < -0.4 is 5.73 Å². The summed E-state index contributed by atoms with van der Waals surface area (Å²) in [4.78, 5) is 13.8. The Hall–Kier alpha value is -1.12. The number of hydrogen-bond acceptors (Lipinski definition) is 4. The van der Waals surface area contributed by atoms with Crippen molar-refractivity contribution in [2.45, 2.75) is 52.1 Å². The first-order valence-corrected chi connectivity index (χ1v) is 7.87. The number of ether oxygens (including phenoxy) is 1. The summed E-state index contributed by atoms with van der Waals surface area (Å²) in [5.41, 5.74) is 5.76. The number of rotatable bonds is 2. The maximum atomic E-state index is 11.7. The van der Waals surface area contributed by atoms with Gasteiger partial charge in [-0.15, -0.1) is 0 Å². The predicted molar refractivity (Wildman–Crippen MR) is 80.2 cm³/mol. The topological polar surface area (TPSA) is 79.3 Å². The average Bonchev–Trinajstić information content (AvgIpc) is 2.45. The van der Waals surface area contributed by atoms with Crippen LogP contribution in [0.1, 0.15) is 40.0 Å². The lowest BCUT2D eigenvalue weighted by molar-refractivity contribution is -0.133. The van der Waals surface area contributed by atoms with E-state index in [0.29, 0.717) is 25.7 Å². The molecule has 2 rings (SSSR count). The molecule has 2 fully saturated rings. The molecule has 4 atom stereocenters. The molecular weight excluding hydrogens is 266 g/mol. The molecule has 1 aliphatic carbocycles. The molecule has 1 saturated carbocycles. The van der Waals surface area contributed by atoms with E-state index in [4.69, 9.17) is 10.5 Å². The largest absolute Gasteiger partial charge is 0.378 e. The predicted octanol–water partition coefficient (Wildman–Crippen LogP) is 1.53. The molecule has 118 valence electrons. The number of carbonyl (C=O) groups is 1. The van der Waals surface area contributed by atoms with Gasteiger partial charge in [-0.2, -0.15) is 5.26 Å². The minimum Gasteiger partial charge on any atom is -0.378 e. The molecule has 1 heterocycles. The summed E-state index contributed by atoms with van der Waals surface area (Å²) in [6.07, 6.45) is 2.96. The fraction of sp³-hybridized carbons (Fsp3) is 0.875. The normalized spacial score (nSPS) is 35.1. The van der Waals surface area contributed by atoms with E-state index in [2.05, 4.69) is 31.7 Å². The Bertz CT molecular complexity index is 424. The van der Waals surface area contributed by atoms with Crippen LogP contribution in [-0.4, -0.2) is 42.6 Å². The second-order valence-corrected chi connectivity index (χ2v) is 7.41.